The van der Waals surface area contributed by atoms with Crippen molar-refractivity contribution < 1.29 is 24.3 Å². The molecule has 38 heavy (non-hydrogen) atoms. The molecule has 6 nitrogen and oxygen atoms in total. The van der Waals surface area contributed by atoms with E-state index >= 15 is 0 Å². The van der Waals surface area contributed by atoms with Gasteiger partial charge in [-0.15, -0.1) is 0 Å². The molecule has 0 saturated heterocycles. The van der Waals surface area contributed by atoms with Crippen molar-refractivity contribution in [1.82, 2.24) is 5.32 Å². The van der Waals surface area contributed by atoms with Gasteiger partial charge in [0.1, 0.15) is 12.3 Å². The van der Waals surface area contributed by atoms with E-state index in [9.17, 15) is 19.2 Å². The Morgan fingerprint density at radius 1 is 0.947 bits per heavy atom. The van der Waals surface area contributed by atoms with Crippen LogP contribution in [0.15, 0.2) is 11.6 Å². The number of ketones is 2. The topological polar surface area (TPSA) is 101 Å². The molecule has 5 aliphatic rings. The minimum Gasteiger partial charge on any atom is -0.480 e. The van der Waals surface area contributed by atoms with Crippen molar-refractivity contribution in [2.24, 2.45) is 50.2 Å². The molecule has 0 heterocycles. The normalized spacial score (nSPS) is 47.6. The Balaban J connectivity index is 1.55. The third-order valence-electron chi connectivity index (χ3n) is 13.3. The molecule has 0 bridgehead atoms. The van der Waals surface area contributed by atoms with E-state index in [4.69, 9.17) is 5.11 Å². The monoisotopic (exact) mass is 525 g/mol. The summed E-state index contributed by atoms with van der Waals surface area (Å²) in [6, 6.07) is 0. The molecule has 6 heteroatoms. The van der Waals surface area contributed by atoms with Crippen molar-refractivity contribution in [1.29, 1.82) is 0 Å². The number of hydrogen-bond donors (Lipinski definition) is 2. The quantitative estimate of drug-likeness (QED) is 0.490. The molecule has 0 aromatic heterocycles. The van der Waals surface area contributed by atoms with Crippen molar-refractivity contribution in [2.45, 2.75) is 106 Å². The number of hydrogen-bond acceptors (Lipinski definition) is 4. The second-order valence-electron chi connectivity index (χ2n) is 15.5. The van der Waals surface area contributed by atoms with Crippen molar-refractivity contribution >= 4 is 23.4 Å². The Morgan fingerprint density at radius 3 is 2.26 bits per heavy atom. The summed E-state index contributed by atoms with van der Waals surface area (Å²) in [4.78, 5) is 51.6. The molecule has 4 saturated carbocycles. The first kappa shape index (κ1) is 27.6. The Hall–Kier alpha value is -1.98. The van der Waals surface area contributed by atoms with E-state index < -0.39 is 16.8 Å². The molecular formula is C32H47NO5. The summed E-state index contributed by atoms with van der Waals surface area (Å²) < 4.78 is 0. The van der Waals surface area contributed by atoms with Gasteiger partial charge in [0.2, 0.25) is 5.91 Å². The fourth-order valence-corrected chi connectivity index (χ4v) is 10.6. The summed E-state index contributed by atoms with van der Waals surface area (Å²) in [6.07, 6.45) is 9.61. The number of Topliss-reactive ketones (excluding diaryl/α,β-unsaturated/α-hetero) is 1. The highest BCUT2D eigenvalue weighted by atomic mass is 16.4. The smallest absolute Gasteiger partial charge is 0.322 e. The maximum Gasteiger partial charge on any atom is 0.322 e. The lowest BCUT2D eigenvalue weighted by molar-refractivity contribution is -0.187. The maximum atomic E-state index is 14.3. The minimum absolute atomic E-state index is 0.0295. The number of nitrogens with one attached hydrogen (secondary N) is 1. The first-order chi connectivity index (χ1) is 17.4. The van der Waals surface area contributed by atoms with Crippen LogP contribution in [0.2, 0.25) is 0 Å². The third kappa shape index (κ3) is 3.49. The van der Waals surface area contributed by atoms with Crippen LogP contribution in [-0.2, 0) is 19.2 Å². The third-order valence-corrected chi connectivity index (χ3v) is 13.3. The number of carboxylic acid groups (broad SMARTS) is 1. The second kappa shape index (κ2) is 8.27. The molecule has 1 amide bonds. The van der Waals surface area contributed by atoms with Gasteiger partial charge in [0.05, 0.1) is 0 Å². The van der Waals surface area contributed by atoms with Crippen LogP contribution >= 0.6 is 0 Å². The van der Waals surface area contributed by atoms with E-state index in [1.807, 2.05) is 13.0 Å². The molecule has 0 spiro atoms. The highest BCUT2D eigenvalue weighted by Crippen LogP contribution is 2.74. The molecule has 0 aliphatic heterocycles. The van der Waals surface area contributed by atoms with Gasteiger partial charge in [-0.1, -0.05) is 54.0 Å². The van der Waals surface area contributed by atoms with Gasteiger partial charge in [0, 0.05) is 23.2 Å². The second-order valence-corrected chi connectivity index (χ2v) is 15.5. The molecule has 2 N–H and O–H groups in total. The molecule has 8 atom stereocenters. The zero-order chi connectivity index (χ0) is 28.1. The van der Waals surface area contributed by atoms with Gasteiger partial charge in [0.15, 0.2) is 5.78 Å². The number of amides is 1. The fourth-order valence-electron chi connectivity index (χ4n) is 10.6. The summed E-state index contributed by atoms with van der Waals surface area (Å²) in [7, 11) is 0. The highest BCUT2D eigenvalue weighted by molar-refractivity contribution is 5.96. The highest BCUT2D eigenvalue weighted by Gasteiger charge is 2.70. The average molecular weight is 526 g/mol. The summed E-state index contributed by atoms with van der Waals surface area (Å²) in [5.41, 5.74) is -0.342. The molecule has 4 fully saturated rings. The van der Waals surface area contributed by atoms with E-state index in [0.717, 1.165) is 44.9 Å². The van der Waals surface area contributed by atoms with Crippen LogP contribution in [0.25, 0.3) is 0 Å². The van der Waals surface area contributed by atoms with E-state index in [1.54, 1.807) is 0 Å². The van der Waals surface area contributed by atoms with Crippen LogP contribution in [0.5, 0.6) is 0 Å². The van der Waals surface area contributed by atoms with Gasteiger partial charge in [-0.25, -0.2) is 0 Å². The molecule has 5 aliphatic carbocycles. The number of fused-ring (bicyclic) bond motifs is 7. The summed E-state index contributed by atoms with van der Waals surface area (Å²) in [6.45, 7) is 15.2. The van der Waals surface area contributed by atoms with E-state index in [0.29, 0.717) is 18.6 Å². The number of carbonyl (C=O) groups excluding carboxylic acids is 3. The number of rotatable bonds is 3. The maximum absolute atomic E-state index is 14.3. The van der Waals surface area contributed by atoms with Crippen LogP contribution in [-0.4, -0.2) is 35.1 Å². The van der Waals surface area contributed by atoms with Gasteiger partial charge in [-0.3, -0.25) is 19.2 Å². The fraction of sp³-hybridized carbons (Fsp3) is 0.812. The van der Waals surface area contributed by atoms with Crippen LogP contribution < -0.4 is 5.32 Å². The lowest BCUT2D eigenvalue weighted by atomic mass is 9.33. The van der Waals surface area contributed by atoms with Crippen LogP contribution in [0.4, 0.5) is 0 Å². The number of allylic oxidation sites excluding steroid dienone is 2. The van der Waals surface area contributed by atoms with Crippen LogP contribution in [0.3, 0.4) is 0 Å². The molecule has 0 aromatic rings. The predicted molar refractivity (Wildman–Crippen MR) is 145 cm³/mol. The standard InChI is InChI=1S/C32H47NO5/c1-27(2)22-8-11-32(7)25(30(22,5)10-9-23(27)35)21(34)16-19-20-17-29(4,26(38)33-18-24(36)37)13-12-28(20,3)14-15-31(19,32)6/h16,20,22,25H,8-15,17-18H2,1-7H3,(H,33,38)(H,36,37)/t20-,22-,25+,28+,29-,30-,31+,32+/m0/s1. The number of carbonyl (C=O) groups is 4. The Kier molecular flexibility index (Phi) is 6.00. The molecule has 0 unspecified atom stereocenters. The SMILES string of the molecule is CC1(C)C(=O)CC[C@]2(C)[C@H]3C(=O)C=C4[C@@H]5C[C@@](C)(C(=O)NCC(=O)O)CC[C@]5(C)CC[C@@]4(C)[C@]3(C)CC[C@@H]12. The molecular weight excluding hydrogens is 478 g/mol. The molecule has 210 valence electrons. The molecule has 5 rings (SSSR count). The first-order valence-electron chi connectivity index (χ1n) is 14.7. The molecule has 0 radical (unpaired) electrons. The number of aliphatic carboxylic acids is 1. The molecule has 0 aromatic carbocycles. The summed E-state index contributed by atoms with van der Waals surface area (Å²) >= 11 is 0. The van der Waals surface area contributed by atoms with E-state index in [2.05, 4.69) is 46.9 Å². The van der Waals surface area contributed by atoms with Gasteiger partial charge in [-0.2, -0.15) is 0 Å². The van der Waals surface area contributed by atoms with Crippen molar-refractivity contribution in [2.75, 3.05) is 6.54 Å². The van der Waals surface area contributed by atoms with Crippen molar-refractivity contribution in [3.63, 3.8) is 0 Å². The average Bonchev–Trinajstić information content (AvgIpc) is 2.82. The van der Waals surface area contributed by atoms with E-state index in [-0.39, 0.29) is 57.6 Å². The lowest BCUT2D eigenvalue weighted by Crippen LogP contribution is -2.66. The van der Waals surface area contributed by atoms with E-state index in [1.165, 1.54) is 5.57 Å². The van der Waals surface area contributed by atoms with Crippen molar-refractivity contribution in [3.8, 4) is 0 Å². The Bertz CT molecular complexity index is 1140. The van der Waals surface area contributed by atoms with Crippen LogP contribution in [0, 0.1) is 50.2 Å². The zero-order valence-electron chi connectivity index (χ0n) is 24.5. The summed E-state index contributed by atoms with van der Waals surface area (Å²) in [5, 5.41) is 11.7. The van der Waals surface area contributed by atoms with Gasteiger partial charge < -0.3 is 10.4 Å². The Labute approximate surface area is 227 Å². The van der Waals surface area contributed by atoms with Gasteiger partial charge in [0.25, 0.3) is 0 Å². The van der Waals surface area contributed by atoms with Crippen LogP contribution in [0.1, 0.15) is 106 Å². The summed E-state index contributed by atoms with van der Waals surface area (Å²) in [5.74, 6) is -0.441. The minimum atomic E-state index is -1.04. The number of carboxylic acids is 1. The zero-order valence-corrected chi connectivity index (χ0v) is 24.5. The lowest BCUT2D eigenvalue weighted by Gasteiger charge is -2.70. The largest absolute Gasteiger partial charge is 0.480 e. The first-order valence-corrected chi connectivity index (χ1v) is 14.7. The van der Waals surface area contributed by atoms with Gasteiger partial charge in [-0.05, 0) is 90.9 Å². The predicted octanol–water partition coefficient (Wildman–Crippen LogP) is 5.74. The van der Waals surface area contributed by atoms with Gasteiger partial charge >= 0.3 is 5.97 Å². The Morgan fingerprint density at radius 2 is 1.61 bits per heavy atom. The van der Waals surface area contributed by atoms with Crippen molar-refractivity contribution in [3.05, 3.63) is 11.6 Å².